The number of ketones is 1. The summed E-state index contributed by atoms with van der Waals surface area (Å²) in [5.74, 6) is 1.84. The molecule has 0 amide bonds. The van der Waals surface area contributed by atoms with Crippen molar-refractivity contribution in [3.05, 3.63) is 71.8 Å². The second-order valence-electron chi connectivity index (χ2n) is 7.96. The summed E-state index contributed by atoms with van der Waals surface area (Å²) in [4.78, 5) is 17.4. The SMILES string of the molecule is CCCn1c(C)cc(C(=O)CSc2nnc(-c3cccnc3)n2-c2ccc(OCC)cc2)c1C. The molecule has 0 aliphatic rings. The van der Waals surface area contributed by atoms with Crippen LogP contribution < -0.4 is 4.74 Å². The number of carbonyl (C=O) groups is 1. The number of hydrogen-bond acceptors (Lipinski definition) is 6. The summed E-state index contributed by atoms with van der Waals surface area (Å²) < 4.78 is 9.76. The zero-order chi connectivity index (χ0) is 24.1. The standard InChI is InChI=1S/C26H29N5O2S/c1-5-14-30-18(3)15-23(19(30)4)24(32)17-34-26-29-28-25(20-8-7-13-27-16-20)31(26)21-9-11-22(12-10-21)33-6-2/h7-13,15-16H,5-6,14,17H2,1-4H3. The van der Waals surface area contributed by atoms with E-state index in [0.29, 0.717) is 17.6 Å². The van der Waals surface area contributed by atoms with Crippen LogP contribution in [0.3, 0.4) is 0 Å². The molecule has 0 aliphatic carbocycles. The highest BCUT2D eigenvalue weighted by molar-refractivity contribution is 7.99. The van der Waals surface area contributed by atoms with E-state index in [4.69, 9.17) is 4.74 Å². The van der Waals surface area contributed by atoms with Gasteiger partial charge in [-0.15, -0.1) is 10.2 Å². The Bertz CT molecular complexity index is 1260. The lowest BCUT2D eigenvalue weighted by molar-refractivity contribution is 0.102. The third kappa shape index (κ3) is 4.92. The summed E-state index contributed by atoms with van der Waals surface area (Å²) in [5.41, 5.74) is 4.66. The summed E-state index contributed by atoms with van der Waals surface area (Å²) in [6.45, 7) is 9.69. The molecule has 176 valence electrons. The van der Waals surface area contributed by atoms with Crippen LogP contribution in [0.2, 0.25) is 0 Å². The Labute approximate surface area is 204 Å². The van der Waals surface area contributed by atoms with Crippen LogP contribution in [0.4, 0.5) is 0 Å². The van der Waals surface area contributed by atoms with Crippen LogP contribution in [-0.4, -0.2) is 42.5 Å². The monoisotopic (exact) mass is 475 g/mol. The van der Waals surface area contributed by atoms with Crippen LogP contribution in [0, 0.1) is 13.8 Å². The lowest BCUT2D eigenvalue weighted by Gasteiger charge is -2.11. The molecule has 3 heterocycles. The fourth-order valence-electron chi connectivity index (χ4n) is 4.00. The normalized spacial score (nSPS) is 11.1. The van der Waals surface area contributed by atoms with Crippen LogP contribution in [0.1, 0.15) is 42.0 Å². The van der Waals surface area contributed by atoms with Gasteiger partial charge in [0.1, 0.15) is 5.75 Å². The average molecular weight is 476 g/mol. The van der Waals surface area contributed by atoms with E-state index >= 15 is 0 Å². The fraction of sp³-hybridized carbons (Fsp3) is 0.308. The minimum absolute atomic E-state index is 0.0876. The predicted molar refractivity (Wildman–Crippen MR) is 135 cm³/mol. The third-order valence-electron chi connectivity index (χ3n) is 5.61. The summed E-state index contributed by atoms with van der Waals surface area (Å²) in [7, 11) is 0. The number of Topliss-reactive ketones (excluding diaryl/α,β-unsaturated/α-hetero) is 1. The van der Waals surface area contributed by atoms with Crippen LogP contribution in [-0.2, 0) is 6.54 Å². The first-order chi connectivity index (χ1) is 16.5. The van der Waals surface area contributed by atoms with Gasteiger partial charge in [-0.25, -0.2) is 0 Å². The number of benzene rings is 1. The second kappa shape index (κ2) is 10.7. The van der Waals surface area contributed by atoms with Gasteiger partial charge in [0.2, 0.25) is 0 Å². The summed E-state index contributed by atoms with van der Waals surface area (Å²) in [6, 6.07) is 13.6. The van der Waals surface area contributed by atoms with Crippen molar-refractivity contribution < 1.29 is 9.53 Å². The second-order valence-corrected chi connectivity index (χ2v) is 8.90. The number of rotatable bonds is 10. The van der Waals surface area contributed by atoms with Gasteiger partial charge in [0.25, 0.3) is 0 Å². The highest BCUT2D eigenvalue weighted by atomic mass is 32.2. The maximum atomic E-state index is 13.1. The Morgan fingerprint density at radius 2 is 1.88 bits per heavy atom. The van der Waals surface area contributed by atoms with Crippen LogP contribution >= 0.6 is 11.8 Å². The van der Waals surface area contributed by atoms with Gasteiger partial charge < -0.3 is 9.30 Å². The van der Waals surface area contributed by atoms with Crippen molar-refractivity contribution in [1.82, 2.24) is 24.3 Å². The smallest absolute Gasteiger partial charge is 0.196 e. The molecular weight excluding hydrogens is 446 g/mol. The van der Waals surface area contributed by atoms with Gasteiger partial charge in [0.15, 0.2) is 16.8 Å². The van der Waals surface area contributed by atoms with Crippen molar-refractivity contribution >= 4 is 17.5 Å². The average Bonchev–Trinajstić information content (AvgIpc) is 3.40. The number of thioether (sulfide) groups is 1. The number of carbonyl (C=O) groups excluding carboxylic acids is 1. The van der Waals surface area contributed by atoms with Gasteiger partial charge in [-0.3, -0.25) is 14.3 Å². The maximum Gasteiger partial charge on any atom is 0.196 e. The molecule has 4 aromatic rings. The Morgan fingerprint density at radius 1 is 1.09 bits per heavy atom. The molecule has 0 spiro atoms. The molecule has 0 radical (unpaired) electrons. The zero-order valence-electron chi connectivity index (χ0n) is 20.0. The van der Waals surface area contributed by atoms with Gasteiger partial charge in [-0.1, -0.05) is 18.7 Å². The molecule has 0 saturated carbocycles. The van der Waals surface area contributed by atoms with Crippen molar-refractivity contribution in [3.63, 3.8) is 0 Å². The number of ether oxygens (including phenoxy) is 1. The third-order valence-corrected chi connectivity index (χ3v) is 6.54. The largest absolute Gasteiger partial charge is 0.494 e. The predicted octanol–water partition coefficient (Wildman–Crippen LogP) is 5.53. The lowest BCUT2D eigenvalue weighted by Crippen LogP contribution is -2.07. The molecule has 3 aromatic heterocycles. The molecule has 0 unspecified atom stereocenters. The van der Waals surface area contributed by atoms with Crippen LogP contribution in [0.25, 0.3) is 17.1 Å². The van der Waals surface area contributed by atoms with Crippen molar-refractivity contribution in [2.45, 2.75) is 45.8 Å². The van der Waals surface area contributed by atoms with Gasteiger partial charge in [0.05, 0.1) is 12.4 Å². The molecule has 0 saturated heterocycles. The number of nitrogens with zero attached hydrogens (tertiary/aromatic N) is 5. The summed E-state index contributed by atoms with van der Waals surface area (Å²) in [6.07, 6.45) is 4.52. The van der Waals surface area contributed by atoms with Crippen molar-refractivity contribution in [2.24, 2.45) is 0 Å². The number of aromatic nitrogens is 5. The topological polar surface area (TPSA) is 74.8 Å². The molecule has 1 aromatic carbocycles. The van der Waals surface area contributed by atoms with E-state index in [-0.39, 0.29) is 11.5 Å². The first-order valence-corrected chi connectivity index (χ1v) is 12.4. The molecule has 4 rings (SSSR count). The van der Waals surface area contributed by atoms with Crippen molar-refractivity contribution in [3.8, 4) is 22.8 Å². The molecule has 8 heteroatoms. The lowest BCUT2D eigenvalue weighted by atomic mass is 10.2. The Balaban J connectivity index is 1.64. The first kappa shape index (κ1) is 23.8. The van der Waals surface area contributed by atoms with E-state index < -0.39 is 0 Å². The molecule has 0 bridgehead atoms. The molecule has 0 atom stereocenters. The number of pyridine rings is 1. The van der Waals surface area contributed by atoms with E-state index in [1.54, 1.807) is 12.4 Å². The molecule has 0 fully saturated rings. The number of hydrogen-bond donors (Lipinski definition) is 0. The van der Waals surface area contributed by atoms with Gasteiger partial charge in [0, 0.05) is 47.1 Å². The Hall–Kier alpha value is -3.39. The van der Waals surface area contributed by atoms with Crippen molar-refractivity contribution in [2.75, 3.05) is 12.4 Å². The van der Waals surface area contributed by atoms with Crippen LogP contribution in [0.5, 0.6) is 5.75 Å². The van der Waals surface area contributed by atoms with E-state index in [1.165, 1.54) is 11.8 Å². The van der Waals surface area contributed by atoms with Crippen molar-refractivity contribution in [1.29, 1.82) is 0 Å². The van der Waals surface area contributed by atoms with Gasteiger partial charge in [-0.05, 0) is 69.7 Å². The van der Waals surface area contributed by atoms with Gasteiger partial charge in [-0.2, -0.15) is 0 Å². The zero-order valence-corrected chi connectivity index (χ0v) is 20.8. The molecule has 34 heavy (non-hydrogen) atoms. The van der Waals surface area contributed by atoms with E-state index in [0.717, 1.165) is 46.9 Å². The maximum absolute atomic E-state index is 13.1. The quantitative estimate of drug-likeness (QED) is 0.222. The highest BCUT2D eigenvalue weighted by Gasteiger charge is 2.20. The minimum Gasteiger partial charge on any atom is -0.494 e. The Kier molecular flexibility index (Phi) is 7.47. The minimum atomic E-state index is 0.0876. The van der Waals surface area contributed by atoms with Crippen LogP contribution in [0.15, 0.2) is 60.0 Å². The van der Waals surface area contributed by atoms with E-state index in [9.17, 15) is 4.79 Å². The highest BCUT2D eigenvalue weighted by Crippen LogP contribution is 2.29. The first-order valence-electron chi connectivity index (χ1n) is 11.4. The van der Waals surface area contributed by atoms with E-state index in [1.807, 2.05) is 60.9 Å². The molecule has 7 nitrogen and oxygen atoms in total. The summed E-state index contributed by atoms with van der Waals surface area (Å²) >= 11 is 1.39. The Morgan fingerprint density at radius 3 is 2.56 bits per heavy atom. The van der Waals surface area contributed by atoms with E-state index in [2.05, 4.69) is 33.6 Å². The molecule has 0 N–H and O–H groups in total. The van der Waals surface area contributed by atoms with Gasteiger partial charge >= 0.3 is 0 Å². The fourth-order valence-corrected chi connectivity index (χ4v) is 4.83. The summed E-state index contributed by atoms with van der Waals surface area (Å²) in [5, 5.41) is 9.52. The number of aryl methyl sites for hydroxylation is 1. The molecular formula is C26H29N5O2S. The molecule has 0 aliphatic heterocycles.